The summed E-state index contributed by atoms with van der Waals surface area (Å²) in [6.07, 6.45) is -2.80. The zero-order valence-corrected chi connectivity index (χ0v) is 8.30. The molecule has 7 heteroatoms. The molecular weight excluding hydrogens is 211 g/mol. The molecule has 1 atom stereocenters. The topological polar surface area (TPSA) is 70.6 Å². The van der Waals surface area contributed by atoms with E-state index in [1.807, 2.05) is 0 Å². The Morgan fingerprint density at radius 2 is 2.07 bits per heavy atom. The summed E-state index contributed by atoms with van der Waals surface area (Å²) in [5, 5.41) is 11.8. The summed E-state index contributed by atoms with van der Waals surface area (Å²) in [7, 11) is 0. The summed E-state index contributed by atoms with van der Waals surface area (Å²) in [6.45, 7) is -0.122. The predicted molar refractivity (Wildman–Crippen MR) is 49.3 cm³/mol. The predicted octanol–water partition coefficient (Wildman–Crippen LogP) is 0.366. The van der Waals surface area contributed by atoms with Crippen LogP contribution >= 0.6 is 0 Å². The minimum absolute atomic E-state index is 0.0537. The van der Waals surface area contributed by atoms with Crippen molar-refractivity contribution in [3.8, 4) is 0 Å². The maximum Gasteiger partial charge on any atom is 0.418 e. The van der Waals surface area contributed by atoms with Crippen LogP contribution in [0.25, 0.3) is 0 Å². The van der Waals surface area contributed by atoms with Crippen molar-refractivity contribution in [1.29, 1.82) is 0 Å². The Labute approximate surface area is 85.4 Å². The van der Waals surface area contributed by atoms with E-state index >= 15 is 0 Å². The number of nitrogens with one attached hydrogen (secondary N) is 1. The lowest BCUT2D eigenvalue weighted by Crippen LogP contribution is -2.46. The summed E-state index contributed by atoms with van der Waals surface area (Å²) in [6, 6.07) is 0.226. The number of nitrogens with two attached hydrogens (primary N) is 1. The Morgan fingerprint density at radius 3 is 2.47 bits per heavy atom. The standard InChI is InChI=1S/C8H14F3N3O/c1-7(15,8(9,10)11)4-13-6(12)14-5-2-3-5/h5,15H,2-4H2,1H3,(H3,12,13,14). The minimum Gasteiger partial charge on any atom is -0.379 e. The molecule has 0 spiro atoms. The Kier molecular flexibility index (Phi) is 3.13. The molecular formula is C8H14F3N3O. The van der Waals surface area contributed by atoms with Crippen molar-refractivity contribution >= 4 is 5.96 Å². The highest BCUT2D eigenvalue weighted by Crippen LogP contribution is 2.30. The first kappa shape index (κ1) is 12.1. The fraction of sp³-hybridized carbons (Fsp3) is 0.875. The quantitative estimate of drug-likeness (QED) is 0.480. The van der Waals surface area contributed by atoms with Crippen LogP contribution in [0.4, 0.5) is 13.2 Å². The molecule has 1 aliphatic carbocycles. The van der Waals surface area contributed by atoms with E-state index in [0.717, 1.165) is 12.8 Å². The monoisotopic (exact) mass is 225 g/mol. The Balaban J connectivity index is 2.45. The molecule has 0 aromatic heterocycles. The van der Waals surface area contributed by atoms with Crippen LogP contribution in [0.1, 0.15) is 19.8 Å². The molecule has 0 bridgehead atoms. The number of hydrogen-bond acceptors (Lipinski definition) is 2. The maximum absolute atomic E-state index is 12.2. The maximum atomic E-state index is 12.2. The molecule has 0 heterocycles. The van der Waals surface area contributed by atoms with Gasteiger partial charge in [-0.05, 0) is 19.8 Å². The fourth-order valence-corrected chi connectivity index (χ4v) is 0.811. The normalized spacial score (nSPS) is 22.3. The molecule has 4 nitrogen and oxygen atoms in total. The Bertz CT molecular complexity index is 258. The van der Waals surface area contributed by atoms with Gasteiger partial charge < -0.3 is 16.2 Å². The third-order valence-electron chi connectivity index (χ3n) is 2.10. The summed E-state index contributed by atoms with van der Waals surface area (Å²) in [5.74, 6) is -0.0537. The van der Waals surface area contributed by atoms with E-state index in [9.17, 15) is 13.2 Å². The molecule has 1 fully saturated rings. The van der Waals surface area contributed by atoms with Gasteiger partial charge in [-0.15, -0.1) is 0 Å². The summed E-state index contributed by atoms with van der Waals surface area (Å²) >= 11 is 0. The first-order valence-electron chi connectivity index (χ1n) is 4.58. The molecule has 0 amide bonds. The van der Waals surface area contributed by atoms with Gasteiger partial charge in [-0.2, -0.15) is 13.2 Å². The first-order chi connectivity index (χ1) is 6.72. The second kappa shape index (κ2) is 3.88. The fourth-order valence-electron chi connectivity index (χ4n) is 0.811. The molecule has 4 N–H and O–H groups in total. The van der Waals surface area contributed by atoms with Crippen LogP contribution in [0.3, 0.4) is 0 Å². The van der Waals surface area contributed by atoms with Crippen molar-refractivity contribution in [3.05, 3.63) is 0 Å². The minimum atomic E-state index is -4.70. The summed E-state index contributed by atoms with van der Waals surface area (Å²) in [5.41, 5.74) is 2.50. The van der Waals surface area contributed by atoms with Crippen molar-refractivity contribution in [3.63, 3.8) is 0 Å². The average molecular weight is 225 g/mol. The molecule has 0 aromatic rings. The van der Waals surface area contributed by atoms with Crippen LogP contribution in [0.15, 0.2) is 4.99 Å². The molecule has 0 aliphatic heterocycles. The van der Waals surface area contributed by atoms with Crippen molar-refractivity contribution in [2.45, 2.75) is 37.6 Å². The highest BCUT2D eigenvalue weighted by atomic mass is 19.4. The van der Waals surface area contributed by atoms with Gasteiger partial charge in [0.05, 0.1) is 6.54 Å². The number of rotatable bonds is 3. The average Bonchev–Trinajstić information content (AvgIpc) is 2.83. The van der Waals surface area contributed by atoms with Gasteiger partial charge in [0.2, 0.25) is 0 Å². The lowest BCUT2D eigenvalue weighted by atomic mass is 10.1. The number of alkyl halides is 3. The van der Waals surface area contributed by atoms with E-state index in [-0.39, 0.29) is 12.0 Å². The van der Waals surface area contributed by atoms with Gasteiger partial charge in [-0.25, -0.2) is 0 Å². The third kappa shape index (κ3) is 3.58. The molecule has 88 valence electrons. The van der Waals surface area contributed by atoms with E-state index in [0.29, 0.717) is 6.92 Å². The molecule has 1 rings (SSSR count). The second-order valence-electron chi connectivity index (χ2n) is 3.89. The van der Waals surface area contributed by atoms with Crippen molar-refractivity contribution in [1.82, 2.24) is 5.32 Å². The zero-order valence-electron chi connectivity index (χ0n) is 8.30. The number of guanidine groups is 1. The van der Waals surface area contributed by atoms with E-state index < -0.39 is 18.3 Å². The van der Waals surface area contributed by atoms with Crippen molar-refractivity contribution in [2.75, 3.05) is 6.54 Å². The van der Waals surface area contributed by atoms with E-state index in [1.54, 1.807) is 0 Å². The van der Waals surface area contributed by atoms with Crippen LogP contribution < -0.4 is 11.1 Å². The SMILES string of the molecule is CC(O)(CN=C(N)NC1CC1)C(F)(F)F. The lowest BCUT2D eigenvalue weighted by molar-refractivity contribution is -0.248. The smallest absolute Gasteiger partial charge is 0.379 e. The van der Waals surface area contributed by atoms with Gasteiger partial charge in [0, 0.05) is 6.04 Å². The van der Waals surface area contributed by atoms with Gasteiger partial charge in [0.15, 0.2) is 11.6 Å². The summed E-state index contributed by atoms with van der Waals surface area (Å²) in [4.78, 5) is 3.46. The highest BCUT2D eigenvalue weighted by Gasteiger charge is 2.49. The lowest BCUT2D eigenvalue weighted by Gasteiger charge is -2.24. The molecule has 1 unspecified atom stereocenters. The van der Waals surface area contributed by atoms with Gasteiger partial charge >= 0.3 is 6.18 Å². The number of halogens is 3. The van der Waals surface area contributed by atoms with Crippen LogP contribution in [0.2, 0.25) is 0 Å². The van der Waals surface area contributed by atoms with Crippen molar-refractivity contribution < 1.29 is 18.3 Å². The van der Waals surface area contributed by atoms with Crippen LogP contribution in [0, 0.1) is 0 Å². The number of aliphatic hydroxyl groups is 1. The van der Waals surface area contributed by atoms with E-state index in [1.165, 1.54) is 0 Å². The van der Waals surface area contributed by atoms with Crippen LogP contribution in [-0.2, 0) is 0 Å². The van der Waals surface area contributed by atoms with E-state index in [4.69, 9.17) is 10.8 Å². The largest absolute Gasteiger partial charge is 0.418 e. The van der Waals surface area contributed by atoms with Crippen LogP contribution in [-0.4, -0.2) is 35.4 Å². The molecule has 1 saturated carbocycles. The Morgan fingerprint density at radius 1 is 1.53 bits per heavy atom. The molecule has 0 saturated heterocycles. The van der Waals surface area contributed by atoms with Crippen LogP contribution in [0.5, 0.6) is 0 Å². The first-order valence-corrected chi connectivity index (χ1v) is 4.58. The molecule has 15 heavy (non-hydrogen) atoms. The van der Waals surface area contributed by atoms with E-state index in [2.05, 4.69) is 10.3 Å². The highest BCUT2D eigenvalue weighted by molar-refractivity contribution is 5.78. The van der Waals surface area contributed by atoms with Gasteiger partial charge in [0.25, 0.3) is 0 Å². The summed E-state index contributed by atoms with van der Waals surface area (Å²) < 4.78 is 36.5. The second-order valence-corrected chi connectivity index (χ2v) is 3.89. The molecule has 0 aromatic carbocycles. The van der Waals surface area contributed by atoms with Gasteiger partial charge in [-0.1, -0.05) is 0 Å². The van der Waals surface area contributed by atoms with Gasteiger partial charge in [-0.3, -0.25) is 4.99 Å². The zero-order chi connectivity index (χ0) is 11.7. The number of hydrogen-bond donors (Lipinski definition) is 3. The molecule has 0 radical (unpaired) electrons. The molecule has 1 aliphatic rings. The number of aliphatic imine (C=N–C) groups is 1. The van der Waals surface area contributed by atoms with Crippen molar-refractivity contribution in [2.24, 2.45) is 10.7 Å². The Hall–Kier alpha value is -0.980. The van der Waals surface area contributed by atoms with Gasteiger partial charge in [0.1, 0.15) is 0 Å². The number of nitrogens with zero attached hydrogens (tertiary/aromatic N) is 1. The third-order valence-corrected chi connectivity index (χ3v) is 2.10.